The first-order valence-electron chi connectivity index (χ1n) is 7.06. The van der Waals surface area contributed by atoms with E-state index < -0.39 is 0 Å². The summed E-state index contributed by atoms with van der Waals surface area (Å²) in [4.78, 5) is 23.1. The van der Waals surface area contributed by atoms with Crippen molar-refractivity contribution in [3.05, 3.63) is 35.4 Å². The van der Waals surface area contributed by atoms with Crippen molar-refractivity contribution in [2.24, 2.45) is 0 Å². The predicted octanol–water partition coefficient (Wildman–Crippen LogP) is 2.46. The van der Waals surface area contributed by atoms with Gasteiger partial charge < -0.3 is 10.6 Å². The maximum Gasteiger partial charge on any atom is 0.251 e. The normalized spacial score (nSPS) is 11.0. The lowest BCUT2D eigenvalue weighted by Gasteiger charge is -2.19. The third kappa shape index (κ3) is 6.17. The van der Waals surface area contributed by atoms with Gasteiger partial charge in [-0.1, -0.05) is 32.9 Å². The van der Waals surface area contributed by atoms with Crippen molar-refractivity contribution in [1.29, 1.82) is 0 Å². The molecule has 21 heavy (non-hydrogen) atoms. The van der Waals surface area contributed by atoms with Crippen LogP contribution in [0.4, 0.5) is 0 Å². The molecule has 2 N–H and O–H groups in total. The summed E-state index contributed by atoms with van der Waals surface area (Å²) in [6.07, 6.45) is 0.295. The summed E-state index contributed by atoms with van der Waals surface area (Å²) in [6.45, 7) is 7.19. The van der Waals surface area contributed by atoms with Crippen molar-refractivity contribution in [2.45, 2.75) is 32.6 Å². The fraction of sp³-hybridized carbons (Fsp3) is 0.500. The summed E-state index contributed by atoms with van der Waals surface area (Å²) < 4.78 is 0. The third-order valence-corrected chi connectivity index (χ3v) is 3.26. The lowest BCUT2D eigenvalue weighted by Crippen LogP contribution is -2.34. The van der Waals surface area contributed by atoms with Crippen LogP contribution >= 0.6 is 11.6 Å². The van der Waals surface area contributed by atoms with Crippen molar-refractivity contribution < 1.29 is 9.59 Å². The van der Waals surface area contributed by atoms with Gasteiger partial charge in [0.25, 0.3) is 5.91 Å². The molecular weight excluding hydrogens is 288 g/mol. The molecule has 1 rings (SSSR count). The van der Waals surface area contributed by atoms with E-state index in [-0.39, 0.29) is 17.2 Å². The van der Waals surface area contributed by atoms with E-state index in [1.807, 2.05) is 24.3 Å². The Morgan fingerprint density at radius 2 is 1.62 bits per heavy atom. The summed E-state index contributed by atoms with van der Waals surface area (Å²) in [5, 5.41) is 5.45. The van der Waals surface area contributed by atoms with Crippen LogP contribution in [0, 0.1) is 0 Å². The van der Waals surface area contributed by atoms with Crippen molar-refractivity contribution in [3.63, 3.8) is 0 Å². The molecule has 0 aliphatic heterocycles. The molecule has 0 bridgehead atoms. The molecule has 0 aromatic heterocycles. The highest BCUT2D eigenvalue weighted by molar-refractivity contribution is 6.18. The molecule has 0 heterocycles. The zero-order valence-electron chi connectivity index (χ0n) is 12.8. The maximum atomic E-state index is 11.9. The number of carbonyl (C=O) groups is 2. The lowest BCUT2D eigenvalue weighted by atomic mass is 9.87. The highest BCUT2D eigenvalue weighted by atomic mass is 35.5. The Bertz CT molecular complexity index is 478. The minimum Gasteiger partial charge on any atom is -0.354 e. The lowest BCUT2D eigenvalue weighted by molar-refractivity contribution is -0.120. The Morgan fingerprint density at radius 3 is 2.14 bits per heavy atom. The largest absolute Gasteiger partial charge is 0.354 e. The number of hydrogen-bond acceptors (Lipinski definition) is 2. The van der Waals surface area contributed by atoms with Crippen LogP contribution in [0.2, 0.25) is 0 Å². The summed E-state index contributed by atoms with van der Waals surface area (Å²) in [5.74, 6) is 0.0639. The number of benzene rings is 1. The molecule has 0 unspecified atom stereocenters. The van der Waals surface area contributed by atoms with Crippen LogP contribution in [0.5, 0.6) is 0 Å². The second kappa shape index (κ2) is 8.03. The number of amides is 2. The van der Waals surface area contributed by atoms with E-state index in [1.165, 1.54) is 5.56 Å². The average Bonchev–Trinajstić information content (AvgIpc) is 2.43. The Labute approximate surface area is 131 Å². The number of carbonyl (C=O) groups excluding carboxylic acids is 2. The van der Waals surface area contributed by atoms with Gasteiger partial charge in [0.05, 0.1) is 0 Å². The van der Waals surface area contributed by atoms with Crippen LogP contribution in [0.1, 0.15) is 43.1 Å². The molecule has 0 radical (unpaired) electrons. The second-order valence-corrected chi connectivity index (χ2v) is 6.25. The van der Waals surface area contributed by atoms with Gasteiger partial charge in [-0.2, -0.15) is 0 Å². The van der Waals surface area contributed by atoms with Crippen molar-refractivity contribution in [1.82, 2.24) is 10.6 Å². The summed E-state index contributed by atoms with van der Waals surface area (Å²) in [5.41, 5.74) is 1.88. The van der Waals surface area contributed by atoms with Gasteiger partial charge in [0.2, 0.25) is 5.91 Å². The van der Waals surface area contributed by atoms with Gasteiger partial charge in [0.15, 0.2) is 0 Å². The fourth-order valence-corrected chi connectivity index (χ4v) is 1.95. The quantitative estimate of drug-likeness (QED) is 0.626. The molecule has 2 amide bonds. The van der Waals surface area contributed by atoms with Gasteiger partial charge in [-0.15, -0.1) is 11.6 Å². The van der Waals surface area contributed by atoms with Gasteiger partial charge in [0.1, 0.15) is 0 Å². The average molecular weight is 311 g/mol. The number of nitrogens with one attached hydrogen (secondary N) is 2. The zero-order chi connectivity index (χ0) is 15.9. The molecule has 0 aliphatic carbocycles. The SMILES string of the molecule is CC(C)(C)c1ccc(C(=O)NCCNC(=O)CCCl)cc1. The second-order valence-electron chi connectivity index (χ2n) is 5.87. The molecule has 0 aliphatic rings. The first kappa shape index (κ1) is 17.5. The standard InChI is InChI=1S/C16H23ClN2O2/c1-16(2,3)13-6-4-12(5-7-13)15(21)19-11-10-18-14(20)8-9-17/h4-7H,8-11H2,1-3H3,(H,18,20)(H,19,21). The number of hydrogen-bond donors (Lipinski definition) is 2. The third-order valence-electron chi connectivity index (χ3n) is 3.07. The molecular formula is C16H23ClN2O2. The van der Waals surface area contributed by atoms with E-state index in [1.54, 1.807) is 0 Å². The molecule has 0 saturated carbocycles. The van der Waals surface area contributed by atoms with Crippen molar-refractivity contribution in [2.75, 3.05) is 19.0 Å². The first-order valence-corrected chi connectivity index (χ1v) is 7.59. The molecule has 0 fully saturated rings. The van der Waals surface area contributed by atoms with E-state index in [0.717, 1.165) is 0 Å². The molecule has 116 valence electrons. The van der Waals surface area contributed by atoms with Gasteiger partial charge in [-0.3, -0.25) is 9.59 Å². The first-order chi connectivity index (χ1) is 9.84. The number of alkyl halides is 1. The highest BCUT2D eigenvalue weighted by Gasteiger charge is 2.14. The Morgan fingerprint density at radius 1 is 1.05 bits per heavy atom. The van der Waals surface area contributed by atoms with E-state index >= 15 is 0 Å². The maximum absolute atomic E-state index is 11.9. The minimum atomic E-state index is -0.137. The molecule has 5 heteroatoms. The van der Waals surface area contributed by atoms with Crippen LogP contribution in [-0.2, 0) is 10.2 Å². The molecule has 0 atom stereocenters. The minimum absolute atomic E-state index is 0.0711. The molecule has 0 spiro atoms. The van der Waals surface area contributed by atoms with E-state index in [0.29, 0.717) is 31.0 Å². The Kier molecular flexibility index (Phi) is 6.69. The van der Waals surface area contributed by atoms with Gasteiger partial charge in [-0.05, 0) is 23.1 Å². The van der Waals surface area contributed by atoms with Gasteiger partial charge >= 0.3 is 0 Å². The zero-order valence-corrected chi connectivity index (χ0v) is 13.6. The van der Waals surface area contributed by atoms with Gasteiger partial charge in [0, 0.05) is 31.0 Å². The summed E-state index contributed by atoms with van der Waals surface area (Å²) >= 11 is 5.45. The Hall–Kier alpha value is -1.55. The van der Waals surface area contributed by atoms with Crippen LogP contribution in [0.15, 0.2) is 24.3 Å². The molecule has 1 aromatic carbocycles. The molecule has 0 saturated heterocycles. The molecule has 4 nitrogen and oxygen atoms in total. The highest BCUT2D eigenvalue weighted by Crippen LogP contribution is 2.22. The summed E-state index contributed by atoms with van der Waals surface area (Å²) in [6, 6.07) is 7.58. The van der Waals surface area contributed by atoms with Crippen LogP contribution in [-0.4, -0.2) is 30.8 Å². The van der Waals surface area contributed by atoms with Crippen molar-refractivity contribution in [3.8, 4) is 0 Å². The van der Waals surface area contributed by atoms with E-state index in [9.17, 15) is 9.59 Å². The van der Waals surface area contributed by atoms with Crippen molar-refractivity contribution >= 4 is 23.4 Å². The fourth-order valence-electron chi connectivity index (χ4n) is 1.78. The smallest absolute Gasteiger partial charge is 0.251 e. The van der Waals surface area contributed by atoms with Gasteiger partial charge in [-0.25, -0.2) is 0 Å². The molecule has 1 aromatic rings. The summed E-state index contributed by atoms with van der Waals surface area (Å²) in [7, 11) is 0. The van der Waals surface area contributed by atoms with Crippen LogP contribution in [0.3, 0.4) is 0 Å². The monoisotopic (exact) mass is 310 g/mol. The van der Waals surface area contributed by atoms with E-state index in [4.69, 9.17) is 11.6 Å². The number of halogens is 1. The predicted molar refractivity (Wildman–Crippen MR) is 85.8 cm³/mol. The number of rotatable bonds is 6. The van der Waals surface area contributed by atoms with Crippen LogP contribution < -0.4 is 10.6 Å². The Balaban J connectivity index is 2.41. The van der Waals surface area contributed by atoms with Crippen LogP contribution in [0.25, 0.3) is 0 Å². The van der Waals surface area contributed by atoms with E-state index in [2.05, 4.69) is 31.4 Å². The topological polar surface area (TPSA) is 58.2 Å².